The fourth-order valence-corrected chi connectivity index (χ4v) is 21.2. The first kappa shape index (κ1) is 48.7. The fourth-order valence-electron chi connectivity index (χ4n) is 1.54. The Morgan fingerprint density at radius 2 is 0.444 bits per heavy atom. The van der Waals surface area contributed by atoms with Crippen LogP contribution in [0.1, 0.15) is 0 Å². The lowest BCUT2D eigenvalue weighted by atomic mass is 10.1. The quantitative estimate of drug-likeness (QED) is 0.204. The molecule has 0 fully saturated rings. The van der Waals surface area contributed by atoms with Gasteiger partial charge in [0.15, 0.2) is 4.29 Å². The van der Waals surface area contributed by atoms with Gasteiger partial charge in [-0.1, -0.05) is 350 Å². The summed E-state index contributed by atoms with van der Waals surface area (Å²) in [6.45, 7) is 0. The van der Waals surface area contributed by atoms with Crippen molar-refractivity contribution < 1.29 is 13.3 Å². The van der Waals surface area contributed by atoms with Crippen LogP contribution < -0.4 is 0 Å². The van der Waals surface area contributed by atoms with Crippen LogP contribution in [0.15, 0.2) is 0 Å². The highest BCUT2D eigenvalue weighted by Crippen LogP contribution is 2.80. The maximum absolute atomic E-state index is 8.56. The topological polar surface area (TPSA) is 60.4 Å². The van der Waals surface area contributed by atoms with Crippen LogP contribution in [0.2, 0.25) is 0 Å². The van der Waals surface area contributed by atoms with E-state index in [9.17, 15) is 0 Å². The molecule has 220 valence electrons. The maximum Gasteiger partial charge on any atom is 0.162 e. The summed E-state index contributed by atoms with van der Waals surface area (Å²) >= 11 is 79.9. The fraction of sp³-hybridized carbons (Fsp3) is 1.00. The number of rotatable bonds is 7. The van der Waals surface area contributed by atoms with E-state index >= 15 is 0 Å². The van der Waals surface area contributed by atoms with Crippen LogP contribution in [0, 0.1) is 0 Å². The molecule has 0 aromatic heterocycles. The molecule has 0 aromatic rings. The highest BCUT2D eigenvalue weighted by Gasteiger charge is 2.79. The minimum Gasteiger partial charge on any atom is -0.750 e. The third kappa shape index (κ3) is 10.1. The van der Waals surface area contributed by atoms with Gasteiger partial charge in [-0.25, -0.2) is 4.21 Å². The van der Waals surface area contributed by atoms with Gasteiger partial charge in [-0.15, -0.1) is 0 Å². The summed E-state index contributed by atoms with van der Waals surface area (Å²) in [4.78, 5) is 0. The van der Waals surface area contributed by atoms with Gasteiger partial charge in [0.05, 0.1) is 11.4 Å². The Balaban J connectivity index is 0. The van der Waals surface area contributed by atoms with Gasteiger partial charge in [0.1, 0.15) is 25.9 Å². The van der Waals surface area contributed by atoms with Gasteiger partial charge < -0.3 is 9.11 Å². The molecule has 0 aliphatic rings. The highest BCUT2D eigenvalue weighted by atomic mass is 80.0. The van der Waals surface area contributed by atoms with E-state index in [1.807, 2.05) is 0 Å². The molecular weight excluding hydrogens is 1960 g/mol. The Morgan fingerprint density at radius 1 is 0.361 bits per heavy atom. The lowest BCUT2D eigenvalue weighted by Crippen LogP contribution is -2.70. The van der Waals surface area contributed by atoms with Crippen LogP contribution in [0.4, 0.5) is 0 Å². The summed E-state index contributed by atoms with van der Waals surface area (Å²) < 4.78 is 14.4. The van der Waals surface area contributed by atoms with Crippen LogP contribution in [0.25, 0.3) is 0 Å². The van der Waals surface area contributed by atoms with E-state index in [4.69, 9.17) is 13.3 Å². The van der Waals surface area contributed by atoms with E-state index in [0.717, 1.165) is 0 Å². The molecule has 0 rings (SSSR count). The summed E-state index contributed by atoms with van der Waals surface area (Å²) in [6.07, 6.45) is 0. The van der Waals surface area contributed by atoms with E-state index in [1.165, 1.54) is 0 Å². The van der Waals surface area contributed by atoms with E-state index in [0.29, 0.717) is 0 Å². The van der Waals surface area contributed by atoms with Crippen LogP contribution in [-0.4, -0.2) is 43.5 Å². The zero-order valence-corrected chi connectivity index (χ0v) is 50.7. The third-order valence-electron chi connectivity index (χ3n) is 3.47. The second-order valence-corrected chi connectivity index (χ2v) is 47.3. The second-order valence-electron chi connectivity index (χ2n) is 5.81. The van der Waals surface area contributed by atoms with E-state index < -0.39 is 41.5 Å². The molecule has 1 unspecified atom stereocenters. The van der Waals surface area contributed by atoms with Gasteiger partial charge in [-0.3, -0.25) is 0 Å². The van der Waals surface area contributed by atoms with Gasteiger partial charge in [0.25, 0.3) is 0 Å². The first-order valence-corrected chi connectivity index (χ1v) is 25.4. The molecule has 0 amide bonds. The standard InChI is InChI=1S/C10Br22.H2O3S/c11-1(12,3(15,16)5(19,20)7(23,24)9(27,28)29)2(13,14)4(17,18)6(21,22)8(25,26)10(30,31)32;1-4(2)3/h;(H2,1,2,3)/p-1. The Bertz CT molecular complexity index is 729. The van der Waals surface area contributed by atoms with Gasteiger partial charge >= 0.3 is 0 Å². The first-order valence-electron chi connectivity index (χ1n) is 6.92. The van der Waals surface area contributed by atoms with Gasteiger partial charge in [0.2, 0.25) is 0 Å². The highest BCUT2D eigenvalue weighted by molar-refractivity contribution is 9.43. The second kappa shape index (κ2) is 16.8. The zero-order chi connectivity index (χ0) is 30.6. The lowest BCUT2D eigenvalue weighted by Gasteiger charge is -2.59. The largest absolute Gasteiger partial charge is 0.750 e. The predicted octanol–water partition coefficient (Wildman–Crippen LogP) is 15.9. The molecule has 0 spiro atoms. The zero-order valence-electron chi connectivity index (χ0n) is 15.0. The minimum absolute atomic E-state index is 0.811. The van der Waals surface area contributed by atoms with Crippen LogP contribution in [0.3, 0.4) is 0 Å². The van der Waals surface area contributed by atoms with E-state index in [2.05, 4.69) is 350 Å². The summed E-state index contributed by atoms with van der Waals surface area (Å²) in [6, 6.07) is 0. The van der Waals surface area contributed by atoms with Crippen molar-refractivity contribution in [3.05, 3.63) is 0 Å². The average Bonchev–Trinajstić information content (AvgIpc) is 2.57. The number of hydrogen-bond donors (Lipinski definition) is 1. The van der Waals surface area contributed by atoms with E-state index in [-0.39, 0.29) is 0 Å². The molecule has 1 N–H and O–H groups in total. The maximum atomic E-state index is 8.56. The molecule has 0 heterocycles. The molecule has 36 heavy (non-hydrogen) atoms. The van der Waals surface area contributed by atoms with Crippen molar-refractivity contribution in [2.24, 2.45) is 0 Å². The summed E-state index contributed by atoms with van der Waals surface area (Å²) in [5.41, 5.74) is 0. The van der Waals surface area contributed by atoms with Crippen molar-refractivity contribution in [1.29, 1.82) is 0 Å². The molecule has 0 aliphatic heterocycles. The first-order chi connectivity index (χ1) is 15.0. The Morgan fingerprint density at radius 3 is 0.528 bits per heavy atom. The van der Waals surface area contributed by atoms with Crippen molar-refractivity contribution in [2.45, 2.75) is 30.2 Å². The molecule has 0 saturated heterocycles. The minimum atomic E-state index is -2.86. The summed E-state index contributed by atoms with van der Waals surface area (Å²) in [5.74, 6) is 0. The molecule has 0 aromatic carbocycles. The van der Waals surface area contributed by atoms with Crippen molar-refractivity contribution >= 4 is 362 Å². The Labute approximate surface area is 395 Å². The van der Waals surface area contributed by atoms with Crippen LogP contribution >= 0.6 is 350 Å². The van der Waals surface area contributed by atoms with Crippen molar-refractivity contribution in [3.8, 4) is 0 Å². The lowest BCUT2D eigenvalue weighted by molar-refractivity contribution is 0.436. The predicted molar refractivity (Wildman–Crippen MR) is 235 cm³/mol. The van der Waals surface area contributed by atoms with Crippen molar-refractivity contribution in [1.82, 2.24) is 0 Å². The smallest absolute Gasteiger partial charge is 0.162 e. The van der Waals surface area contributed by atoms with Crippen LogP contribution in [0.5, 0.6) is 0 Å². The van der Waals surface area contributed by atoms with Crippen molar-refractivity contribution in [2.75, 3.05) is 0 Å². The average molecular weight is 1960 g/mol. The van der Waals surface area contributed by atoms with Gasteiger partial charge in [0, 0.05) is 0 Å². The normalized spacial score (nSPS) is 16.9. The number of hydrogen-bond acceptors (Lipinski definition) is 2. The molecular formula is C10HBr22O3S-. The molecule has 3 nitrogen and oxygen atoms in total. The Hall–Kier alpha value is 10.6. The number of halogens is 22. The molecule has 0 saturated carbocycles. The van der Waals surface area contributed by atoms with E-state index in [1.54, 1.807) is 0 Å². The molecule has 0 radical (unpaired) electrons. The molecule has 26 heteroatoms. The van der Waals surface area contributed by atoms with Crippen molar-refractivity contribution in [3.63, 3.8) is 0 Å². The van der Waals surface area contributed by atoms with Gasteiger partial charge in [-0.05, 0) is 0 Å². The summed E-state index contributed by atoms with van der Waals surface area (Å²) in [7, 11) is 0. The van der Waals surface area contributed by atoms with Gasteiger partial charge in [-0.2, -0.15) is 0 Å². The Kier molecular flexibility index (Phi) is 22.7. The summed E-state index contributed by atoms with van der Waals surface area (Å²) in [5, 5.41) is 0. The molecule has 0 aliphatic carbocycles. The number of alkyl halides is 22. The third-order valence-corrected chi connectivity index (χ3v) is 47.4. The molecule has 0 bridgehead atoms. The SMILES string of the molecule is BrC(Br)(Br)C(Br)(Br)C(Br)(Br)C(Br)(Br)C(Br)(Br)C(Br)(Br)C(Br)(Br)C(Br)(Br)C(Br)(Br)C(Br)(Br)Br.O=S([O-])O. The monoisotopic (exact) mass is 1940 g/mol. The molecule has 1 atom stereocenters. The van der Waals surface area contributed by atoms with Crippen LogP contribution in [-0.2, 0) is 11.4 Å².